The SMILES string of the molecule is Cc1cc(C)n(C(CNS(=O)(=O)c2ccc(F)c(-c3nn[nH]n3)c2)c2cccs2)n1. The molecule has 0 aliphatic carbocycles. The van der Waals surface area contributed by atoms with Gasteiger partial charge in [0.25, 0.3) is 0 Å². The molecule has 1 unspecified atom stereocenters. The number of nitrogens with one attached hydrogen (secondary N) is 2. The molecule has 0 fully saturated rings. The lowest BCUT2D eigenvalue weighted by Gasteiger charge is -2.19. The molecule has 0 saturated heterocycles. The minimum absolute atomic E-state index is 0.0244. The van der Waals surface area contributed by atoms with Gasteiger partial charge in [-0.1, -0.05) is 6.07 Å². The van der Waals surface area contributed by atoms with E-state index >= 15 is 0 Å². The Balaban J connectivity index is 1.63. The van der Waals surface area contributed by atoms with Gasteiger partial charge in [-0.2, -0.15) is 10.3 Å². The van der Waals surface area contributed by atoms with E-state index in [4.69, 9.17) is 0 Å². The summed E-state index contributed by atoms with van der Waals surface area (Å²) >= 11 is 1.52. The van der Waals surface area contributed by atoms with Crippen LogP contribution in [-0.2, 0) is 10.0 Å². The van der Waals surface area contributed by atoms with Crippen LogP contribution in [-0.4, -0.2) is 45.4 Å². The molecule has 0 aliphatic heterocycles. The van der Waals surface area contributed by atoms with Crippen molar-refractivity contribution in [2.24, 2.45) is 0 Å². The summed E-state index contributed by atoms with van der Waals surface area (Å²) in [6, 6.07) is 8.92. The number of tetrazole rings is 1. The van der Waals surface area contributed by atoms with Gasteiger partial charge in [0.15, 0.2) is 0 Å². The van der Waals surface area contributed by atoms with Crippen LogP contribution in [0.25, 0.3) is 11.4 Å². The summed E-state index contributed by atoms with van der Waals surface area (Å²) in [5, 5.41) is 19.5. The average molecular weight is 448 g/mol. The normalized spacial score (nSPS) is 12.9. The van der Waals surface area contributed by atoms with Crippen LogP contribution in [0.15, 0.2) is 46.7 Å². The maximum Gasteiger partial charge on any atom is 0.240 e. The summed E-state index contributed by atoms with van der Waals surface area (Å²) in [6.07, 6.45) is 0. The number of benzene rings is 1. The fourth-order valence-electron chi connectivity index (χ4n) is 3.14. The highest BCUT2D eigenvalue weighted by Crippen LogP contribution is 2.26. The van der Waals surface area contributed by atoms with Crippen LogP contribution in [0.4, 0.5) is 4.39 Å². The summed E-state index contributed by atoms with van der Waals surface area (Å²) in [5.41, 5.74) is 1.71. The van der Waals surface area contributed by atoms with Gasteiger partial charge in [0.1, 0.15) is 5.82 Å². The lowest BCUT2D eigenvalue weighted by Crippen LogP contribution is -2.32. The van der Waals surface area contributed by atoms with E-state index in [1.807, 2.05) is 37.4 Å². The molecular weight excluding hydrogens is 429 g/mol. The third kappa shape index (κ3) is 4.01. The molecular formula is C18H18FN7O2S2. The molecule has 1 aromatic carbocycles. The molecule has 3 aromatic heterocycles. The van der Waals surface area contributed by atoms with Crippen LogP contribution >= 0.6 is 11.3 Å². The molecule has 0 radical (unpaired) electrons. The van der Waals surface area contributed by atoms with Gasteiger partial charge in [-0.25, -0.2) is 17.5 Å². The van der Waals surface area contributed by atoms with Crippen molar-refractivity contribution in [2.45, 2.75) is 24.8 Å². The Morgan fingerprint density at radius 2 is 2.10 bits per heavy atom. The van der Waals surface area contributed by atoms with Crippen molar-refractivity contribution in [3.63, 3.8) is 0 Å². The summed E-state index contributed by atoms with van der Waals surface area (Å²) in [7, 11) is -3.93. The van der Waals surface area contributed by atoms with Crippen molar-refractivity contribution >= 4 is 21.4 Å². The van der Waals surface area contributed by atoms with E-state index in [-0.39, 0.29) is 28.9 Å². The Bertz CT molecular complexity index is 1250. The van der Waals surface area contributed by atoms with Gasteiger partial charge < -0.3 is 0 Å². The lowest BCUT2D eigenvalue weighted by molar-refractivity contribution is 0.499. The zero-order valence-corrected chi connectivity index (χ0v) is 17.7. The standard InChI is InChI=1S/C18H18FN7O2S2/c1-11-8-12(2)26(23-11)16(17-4-3-7-29-17)10-20-30(27,28)13-5-6-15(19)14(9-13)18-21-24-25-22-18/h3-9,16,20H,10H2,1-2H3,(H,21,22,24,25). The maximum absolute atomic E-state index is 14.1. The number of aromatic amines is 1. The smallest absolute Gasteiger partial charge is 0.240 e. The van der Waals surface area contributed by atoms with Crippen LogP contribution in [0.2, 0.25) is 0 Å². The molecule has 0 spiro atoms. The highest BCUT2D eigenvalue weighted by atomic mass is 32.2. The number of hydrogen-bond acceptors (Lipinski definition) is 7. The predicted octanol–water partition coefficient (Wildman–Crippen LogP) is 2.45. The van der Waals surface area contributed by atoms with Gasteiger partial charge in [-0.15, -0.1) is 21.5 Å². The Labute approximate surface area is 176 Å². The number of hydrogen-bond donors (Lipinski definition) is 2. The summed E-state index contributed by atoms with van der Waals surface area (Å²) in [5.74, 6) is -0.668. The van der Waals surface area contributed by atoms with Gasteiger partial charge in [-0.05, 0) is 54.8 Å². The Morgan fingerprint density at radius 3 is 2.73 bits per heavy atom. The van der Waals surface area contributed by atoms with Crippen LogP contribution in [0.5, 0.6) is 0 Å². The number of thiophene rings is 1. The Morgan fingerprint density at radius 1 is 1.27 bits per heavy atom. The molecule has 1 atom stereocenters. The first-order chi connectivity index (χ1) is 14.3. The van der Waals surface area contributed by atoms with E-state index in [0.29, 0.717) is 0 Å². The molecule has 3 heterocycles. The highest BCUT2D eigenvalue weighted by Gasteiger charge is 2.23. The highest BCUT2D eigenvalue weighted by molar-refractivity contribution is 7.89. The zero-order chi connectivity index (χ0) is 21.3. The van der Waals surface area contributed by atoms with Crippen molar-refractivity contribution < 1.29 is 12.8 Å². The topological polar surface area (TPSA) is 118 Å². The zero-order valence-electron chi connectivity index (χ0n) is 16.1. The molecule has 0 bridgehead atoms. The fourth-order valence-corrected chi connectivity index (χ4v) is 5.02. The van der Waals surface area contributed by atoms with E-state index in [1.165, 1.54) is 23.5 Å². The van der Waals surface area contributed by atoms with E-state index in [2.05, 4.69) is 30.4 Å². The molecule has 0 amide bonds. The molecule has 0 aliphatic rings. The number of aromatic nitrogens is 6. The van der Waals surface area contributed by atoms with E-state index in [9.17, 15) is 12.8 Å². The van der Waals surface area contributed by atoms with E-state index in [1.54, 1.807) is 4.68 Å². The van der Waals surface area contributed by atoms with Gasteiger partial charge in [0.05, 0.1) is 22.2 Å². The van der Waals surface area contributed by atoms with Gasteiger partial charge in [0, 0.05) is 17.1 Å². The number of aryl methyl sites for hydroxylation is 2. The molecule has 30 heavy (non-hydrogen) atoms. The third-order valence-electron chi connectivity index (χ3n) is 4.51. The van der Waals surface area contributed by atoms with Gasteiger partial charge >= 0.3 is 0 Å². The Kier molecular flexibility index (Phi) is 5.45. The monoisotopic (exact) mass is 447 g/mol. The van der Waals surface area contributed by atoms with Crippen molar-refractivity contribution in [3.05, 3.63) is 63.9 Å². The number of rotatable bonds is 7. The lowest BCUT2D eigenvalue weighted by atomic mass is 10.2. The summed E-state index contributed by atoms with van der Waals surface area (Å²) in [6.45, 7) is 3.89. The molecule has 156 valence electrons. The number of nitrogens with zero attached hydrogens (tertiary/aromatic N) is 5. The second-order valence-electron chi connectivity index (χ2n) is 6.63. The summed E-state index contributed by atoms with van der Waals surface area (Å²) in [4.78, 5) is 0.873. The first-order valence-corrected chi connectivity index (χ1v) is 11.3. The van der Waals surface area contributed by atoms with Crippen molar-refractivity contribution in [3.8, 4) is 11.4 Å². The van der Waals surface area contributed by atoms with Crippen LogP contribution in [0.3, 0.4) is 0 Å². The number of sulfonamides is 1. The molecule has 4 rings (SSSR count). The van der Waals surface area contributed by atoms with Crippen LogP contribution in [0, 0.1) is 19.7 Å². The van der Waals surface area contributed by atoms with Crippen LogP contribution < -0.4 is 4.72 Å². The molecule has 2 N–H and O–H groups in total. The first kappa shape index (κ1) is 20.3. The largest absolute Gasteiger partial charge is 0.260 e. The number of H-pyrrole nitrogens is 1. The Hall–Kier alpha value is -2.96. The van der Waals surface area contributed by atoms with Gasteiger partial charge in [0.2, 0.25) is 15.8 Å². The minimum Gasteiger partial charge on any atom is -0.260 e. The first-order valence-electron chi connectivity index (χ1n) is 8.94. The van der Waals surface area contributed by atoms with E-state index in [0.717, 1.165) is 22.3 Å². The second kappa shape index (κ2) is 8.05. The predicted molar refractivity (Wildman–Crippen MR) is 109 cm³/mol. The van der Waals surface area contributed by atoms with Crippen LogP contribution in [0.1, 0.15) is 22.3 Å². The van der Waals surface area contributed by atoms with Gasteiger partial charge in [-0.3, -0.25) is 4.68 Å². The van der Waals surface area contributed by atoms with Crippen molar-refractivity contribution in [1.29, 1.82) is 0 Å². The molecule has 9 nitrogen and oxygen atoms in total. The number of halogens is 1. The molecule has 4 aromatic rings. The molecule has 0 saturated carbocycles. The van der Waals surface area contributed by atoms with E-state index < -0.39 is 15.8 Å². The summed E-state index contributed by atoms with van der Waals surface area (Å²) < 4.78 is 44.4. The van der Waals surface area contributed by atoms with Crippen molar-refractivity contribution in [2.75, 3.05) is 6.54 Å². The van der Waals surface area contributed by atoms with Crippen molar-refractivity contribution in [1.82, 2.24) is 35.1 Å². The third-order valence-corrected chi connectivity index (χ3v) is 6.91. The quantitative estimate of drug-likeness (QED) is 0.449. The molecule has 12 heteroatoms. The fraction of sp³-hybridized carbons (Fsp3) is 0.222. The minimum atomic E-state index is -3.93. The maximum atomic E-state index is 14.1. The second-order valence-corrected chi connectivity index (χ2v) is 9.38. The average Bonchev–Trinajstić information content (AvgIpc) is 3.45.